The Hall–Kier alpha value is -2.91. The van der Waals surface area contributed by atoms with E-state index in [0.717, 1.165) is 58.1 Å². The van der Waals surface area contributed by atoms with Crippen LogP contribution in [0.4, 0.5) is 23.3 Å². The molecule has 2 aromatic heterocycles. The van der Waals surface area contributed by atoms with E-state index in [9.17, 15) is 9.90 Å². The minimum Gasteiger partial charge on any atom is -0.394 e. The molecule has 1 saturated carbocycles. The Labute approximate surface area is 212 Å². The van der Waals surface area contributed by atoms with Gasteiger partial charge < -0.3 is 30.3 Å². The first-order valence-electron chi connectivity index (χ1n) is 13.0. The minimum atomic E-state index is -0.514. The largest absolute Gasteiger partial charge is 0.394 e. The maximum absolute atomic E-state index is 13.5. The van der Waals surface area contributed by atoms with Gasteiger partial charge in [-0.3, -0.25) is 4.79 Å². The van der Waals surface area contributed by atoms with E-state index in [-0.39, 0.29) is 12.5 Å². The molecule has 9 heteroatoms. The molecule has 0 aromatic carbocycles. The summed E-state index contributed by atoms with van der Waals surface area (Å²) in [4.78, 5) is 27.5. The molecule has 5 heterocycles. The van der Waals surface area contributed by atoms with Gasteiger partial charge in [0.15, 0.2) is 0 Å². The Kier molecular flexibility index (Phi) is 5.60. The molecule has 0 radical (unpaired) electrons. The maximum atomic E-state index is 13.5. The maximum Gasteiger partial charge on any atom is 0.260 e. The van der Waals surface area contributed by atoms with Gasteiger partial charge in [-0.2, -0.15) is 0 Å². The number of hydrogen-bond donors (Lipinski definition) is 3. The van der Waals surface area contributed by atoms with Crippen LogP contribution in [0.1, 0.15) is 49.9 Å². The lowest BCUT2D eigenvalue weighted by Gasteiger charge is -2.55. The van der Waals surface area contributed by atoms with Crippen molar-refractivity contribution in [1.82, 2.24) is 9.97 Å². The minimum absolute atomic E-state index is 0.0222. The lowest BCUT2D eigenvalue weighted by atomic mass is 9.78. The van der Waals surface area contributed by atoms with Crippen molar-refractivity contribution in [2.24, 2.45) is 10.8 Å². The molecule has 3 aliphatic heterocycles. The van der Waals surface area contributed by atoms with Crippen LogP contribution < -0.4 is 20.4 Å². The number of anilines is 4. The van der Waals surface area contributed by atoms with Crippen LogP contribution in [0.3, 0.4) is 0 Å². The predicted octanol–water partition coefficient (Wildman–Crippen LogP) is 3.13. The number of rotatable bonds is 7. The molecule has 192 valence electrons. The van der Waals surface area contributed by atoms with Crippen molar-refractivity contribution < 1.29 is 14.6 Å². The molecule has 1 amide bonds. The highest BCUT2D eigenvalue weighted by Gasteiger charge is 2.49. The van der Waals surface area contributed by atoms with Crippen molar-refractivity contribution >= 4 is 29.2 Å². The summed E-state index contributed by atoms with van der Waals surface area (Å²) in [5.41, 5.74) is 0.851. The quantitative estimate of drug-likeness (QED) is 0.542. The summed E-state index contributed by atoms with van der Waals surface area (Å²) in [6.45, 7) is 9.16. The summed E-state index contributed by atoms with van der Waals surface area (Å²) in [5, 5.41) is 16.0. The number of nitrogens with zero attached hydrogens (tertiary/aromatic N) is 4. The van der Waals surface area contributed by atoms with Gasteiger partial charge in [0.05, 0.1) is 36.3 Å². The highest BCUT2D eigenvalue weighted by molar-refractivity contribution is 6.07. The lowest BCUT2D eigenvalue weighted by molar-refractivity contribution is -0.127. The van der Waals surface area contributed by atoms with Crippen molar-refractivity contribution in [2.45, 2.75) is 45.1 Å². The predicted molar refractivity (Wildman–Crippen MR) is 140 cm³/mol. The third-order valence-corrected chi connectivity index (χ3v) is 8.23. The van der Waals surface area contributed by atoms with Crippen LogP contribution in [0, 0.1) is 10.8 Å². The zero-order chi connectivity index (χ0) is 25.0. The first-order chi connectivity index (χ1) is 17.3. The van der Waals surface area contributed by atoms with Gasteiger partial charge in [-0.25, -0.2) is 9.97 Å². The number of nitrogens with one attached hydrogen (secondary N) is 2. The van der Waals surface area contributed by atoms with Gasteiger partial charge in [0.25, 0.3) is 5.91 Å². The fourth-order valence-corrected chi connectivity index (χ4v) is 5.54. The van der Waals surface area contributed by atoms with Crippen LogP contribution in [0.15, 0.2) is 30.3 Å². The molecule has 0 atom stereocenters. The van der Waals surface area contributed by atoms with Crippen molar-refractivity contribution in [3.63, 3.8) is 0 Å². The summed E-state index contributed by atoms with van der Waals surface area (Å²) in [6.07, 6.45) is 4.92. The van der Waals surface area contributed by atoms with Gasteiger partial charge in [-0.1, -0.05) is 6.07 Å². The second-order valence-electron chi connectivity index (χ2n) is 11.9. The molecular formula is C27H36N6O3. The SMILES string of the molecule is CC(C)(CO)Nc1ccc(C(=O)Nc2cccc(N3CC4(COC4)C3)n2)c(N2CCC3(CC2)CC3)n1. The molecule has 0 unspecified atom stereocenters. The van der Waals surface area contributed by atoms with E-state index in [4.69, 9.17) is 14.7 Å². The van der Waals surface area contributed by atoms with Crippen LogP contribution in [-0.4, -0.2) is 72.5 Å². The Bertz CT molecular complexity index is 1140. The van der Waals surface area contributed by atoms with E-state index < -0.39 is 5.54 Å². The first kappa shape index (κ1) is 23.5. The molecule has 9 nitrogen and oxygen atoms in total. The third-order valence-electron chi connectivity index (χ3n) is 8.23. The van der Waals surface area contributed by atoms with Gasteiger partial charge in [0.1, 0.15) is 23.3 Å². The first-order valence-corrected chi connectivity index (χ1v) is 13.0. The lowest BCUT2D eigenvalue weighted by Crippen LogP contribution is -2.66. The number of aromatic nitrogens is 2. The highest BCUT2D eigenvalue weighted by atomic mass is 16.5. The molecule has 0 bridgehead atoms. The van der Waals surface area contributed by atoms with E-state index >= 15 is 0 Å². The topological polar surface area (TPSA) is 103 Å². The zero-order valence-electron chi connectivity index (χ0n) is 21.2. The van der Waals surface area contributed by atoms with Crippen LogP contribution in [0.5, 0.6) is 0 Å². The van der Waals surface area contributed by atoms with Crippen molar-refractivity contribution in [3.05, 3.63) is 35.9 Å². The normalized spacial score (nSPS) is 21.6. The molecular weight excluding hydrogens is 456 g/mol. The zero-order valence-corrected chi connectivity index (χ0v) is 21.2. The average molecular weight is 493 g/mol. The summed E-state index contributed by atoms with van der Waals surface area (Å²) in [6, 6.07) is 9.39. The molecule has 3 N–H and O–H groups in total. The van der Waals surface area contributed by atoms with Crippen LogP contribution in [-0.2, 0) is 4.74 Å². The standard InChI is InChI=1S/C27H36N6O3/c1-25(2,16-34)31-21-7-6-19(23(29-21)32-12-10-26(8-9-26)11-13-32)24(35)30-20-4-3-5-22(28-20)33-14-27(15-33)17-36-18-27/h3-7,34H,8-18H2,1-2H3,(H,29,31)(H,28,30,35). The summed E-state index contributed by atoms with van der Waals surface area (Å²) >= 11 is 0. The second kappa shape index (κ2) is 8.59. The molecule has 3 saturated heterocycles. The number of carbonyl (C=O) groups excluding carboxylic acids is 1. The Morgan fingerprint density at radius 1 is 1.00 bits per heavy atom. The van der Waals surface area contributed by atoms with Crippen LogP contribution in [0.25, 0.3) is 0 Å². The fourth-order valence-electron chi connectivity index (χ4n) is 5.54. The number of carbonyl (C=O) groups is 1. The van der Waals surface area contributed by atoms with Gasteiger partial charge in [0, 0.05) is 26.2 Å². The Morgan fingerprint density at radius 3 is 2.39 bits per heavy atom. The molecule has 2 aromatic rings. The number of aliphatic hydroxyl groups excluding tert-OH is 1. The number of pyridine rings is 2. The number of amides is 1. The van der Waals surface area contributed by atoms with Gasteiger partial charge in [-0.05, 0) is 69.2 Å². The van der Waals surface area contributed by atoms with Gasteiger partial charge >= 0.3 is 0 Å². The average Bonchev–Trinajstić information content (AvgIpc) is 3.56. The summed E-state index contributed by atoms with van der Waals surface area (Å²) in [7, 11) is 0. The van der Waals surface area contributed by atoms with Crippen molar-refractivity contribution in [1.29, 1.82) is 0 Å². The van der Waals surface area contributed by atoms with Gasteiger partial charge in [0.2, 0.25) is 0 Å². The molecule has 2 spiro atoms. The number of piperidine rings is 1. The smallest absolute Gasteiger partial charge is 0.260 e. The van der Waals surface area contributed by atoms with Crippen LogP contribution in [0.2, 0.25) is 0 Å². The van der Waals surface area contributed by atoms with Crippen molar-refractivity contribution in [2.75, 3.05) is 66.4 Å². The monoisotopic (exact) mass is 492 g/mol. The third kappa shape index (κ3) is 4.50. The van der Waals surface area contributed by atoms with E-state index in [2.05, 4.69) is 20.4 Å². The number of hydrogen-bond acceptors (Lipinski definition) is 8. The van der Waals surface area contributed by atoms with E-state index in [0.29, 0.717) is 33.8 Å². The summed E-state index contributed by atoms with van der Waals surface area (Å²) in [5.74, 6) is 2.54. The summed E-state index contributed by atoms with van der Waals surface area (Å²) < 4.78 is 5.38. The Morgan fingerprint density at radius 2 is 1.75 bits per heavy atom. The number of ether oxygens (including phenoxy) is 1. The van der Waals surface area contributed by atoms with E-state index in [1.165, 1.54) is 12.8 Å². The second-order valence-corrected chi connectivity index (χ2v) is 11.9. The number of aliphatic hydroxyl groups is 1. The Balaban J connectivity index is 1.21. The fraction of sp³-hybridized carbons (Fsp3) is 0.593. The molecule has 6 rings (SSSR count). The van der Waals surface area contributed by atoms with E-state index in [1.807, 2.05) is 44.2 Å². The van der Waals surface area contributed by atoms with Crippen LogP contribution >= 0.6 is 0 Å². The molecule has 1 aliphatic carbocycles. The molecule has 4 fully saturated rings. The van der Waals surface area contributed by atoms with Gasteiger partial charge in [-0.15, -0.1) is 0 Å². The van der Waals surface area contributed by atoms with E-state index in [1.54, 1.807) is 0 Å². The molecule has 36 heavy (non-hydrogen) atoms. The van der Waals surface area contributed by atoms with Crippen molar-refractivity contribution in [3.8, 4) is 0 Å². The highest BCUT2D eigenvalue weighted by Crippen LogP contribution is 2.54. The molecule has 4 aliphatic rings.